The Morgan fingerprint density at radius 1 is 1.38 bits per heavy atom. The van der Waals surface area contributed by atoms with E-state index in [4.69, 9.17) is 4.74 Å². The smallest absolute Gasteiger partial charge is 0.124 e. The van der Waals surface area contributed by atoms with E-state index in [1.807, 2.05) is 0 Å². The molecule has 0 saturated carbocycles. The first-order valence-electron chi connectivity index (χ1n) is 8.46. The molecule has 2 heteroatoms. The van der Waals surface area contributed by atoms with Gasteiger partial charge in [0.1, 0.15) is 11.4 Å². The predicted octanol–water partition coefficient (Wildman–Crippen LogP) is 5.01. The van der Waals surface area contributed by atoms with Gasteiger partial charge in [-0.15, -0.1) is 0 Å². The van der Waals surface area contributed by atoms with Gasteiger partial charge >= 0.3 is 0 Å². The second-order valence-electron chi connectivity index (χ2n) is 7.24. The standard InChI is InChI=1S/C19H31NO/c1-6-11-20-17-13-19(5,10-9-14(2)3)21-18-8-7-15(4)12-16(17)18/h7-8,12,14,17,20H,6,9-11,13H2,1-5H3. The van der Waals surface area contributed by atoms with E-state index in [1.54, 1.807) is 0 Å². The zero-order chi connectivity index (χ0) is 15.5. The Labute approximate surface area is 130 Å². The van der Waals surface area contributed by atoms with E-state index in [0.717, 1.165) is 31.1 Å². The van der Waals surface area contributed by atoms with Crippen LogP contribution in [0.5, 0.6) is 5.75 Å². The summed E-state index contributed by atoms with van der Waals surface area (Å²) in [5, 5.41) is 3.72. The van der Waals surface area contributed by atoms with Crippen molar-refractivity contribution in [1.82, 2.24) is 5.32 Å². The molecule has 2 atom stereocenters. The molecular weight excluding hydrogens is 258 g/mol. The van der Waals surface area contributed by atoms with E-state index in [-0.39, 0.29) is 5.60 Å². The van der Waals surface area contributed by atoms with E-state index in [0.29, 0.717) is 6.04 Å². The Morgan fingerprint density at radius 3 is 2.81 bits per heavy atom. The molecule has 2 rings (SSSR count). The number of hydrogen-bond donors (Lipinski definition) is 1. The largest absolute Gasteiger partial charge is 0.487 e. The second-order valence-corrected chi connectivity index (χ2v) is 7.24. The Morgan fingerprint density at radius 2 is 2.14 bits per heavy atom. The highest BCUT2D eigenvalue weighted by atomic mass is 16.5. The van der Waals surface area contributed by atoms with Crippen LogP contribution in [-0.4, -0.2) is 12.1 Å². The molecular formula is C19H31NO. The summed E-state index contributed by atoms with van der Waals surface area (Å²) in [5.41, 5.74) is 2.61. The number of ether oxygens (including phenoxy) is 1. The van der Waals surface area contributed by atoms with Gasteiger partial charge in [-0.25, -0.2) is 0 Å². The highest BCUT2D eigenvalue weighted by Gasteiger charge is 2.36. The average molecular weight is 289 g/mol. The number of fused-ring (bicyclic) bond motifs is 1. The fourth-order valence-electron chi connectivity index (χ4n) is 3.13. The monoisotopic (exact) mass is 289 g/mol. The lowest BCUT2D eigenvalue weighted by Gasteiger charge is -2.41. The summed E-state index contributed by atoms with van der Waals surface area (Å²) in [5.74, 6) is 1.80. The van der Waals surface area contributed by atoms with Crippen molar-refractivity contribution < 1.29 is 4.74 Å². The van der Waals surface area contributed by atoms with Crippen LogP contribution in [0.15, 0.2) is 18.2 Å². The molecule has 0 aliphatic carbocycles. The molecule has 0 spiro atoms. The summed E-state index contributed by atoms with van der Waals surface area (Å²) in [6, 6.07) is 7.01. The van der Waals surface area contributed by atoms with Crippen molar-refractivity contribution in [3.05, 3.63) is 29.3 Å². The van der Waals surface area contributed by atoms with Crippen LogP contribution in [0.1, 0.15) is 70.5 Å². The summed E-state index contributed by atoms with van der Waals surface area (Å²) >= 11 is 0. The fourth-order valence-corrected chi connectivity index (χ4v) is 3.13. The maximum Gasteiger partial charge on any atom is 0.124 e. The first-order valence-corrected chi connectivity index (χ1v) is 8.46. The SMILES string of the molecule is CCCNC1CC(C)(CCC(C)C)Oc2ccc(C)cc21. The van der Waals surface area contributed by atoms with Crippen LogP contribution < -0.4 is 10.1 Å². The van der Waals surface area contributed by atoms with E-state index in [1.165, 1.54) is 24.0 Å². The molecule has 1 aliphatic heterocycles. The van der Waals surface area contributed by atoms with Crippen molar-refractivity contribution in [2.45, 2.75) is 71.9 Å². The molecule has 0 fully saturated rings. The van der Waals surface area contributed by atoms with Gasteiger partial charge in [0.05, 0.1) is 0 Å². The normalized spacial score (nSPS) is 24.8. The van der Waals surface area contributed by atoms with Crippen molar-refractivity contribution in [2.75, 3.05) is 6.54 Å². The highest BCUT2D eigenvalue weighted by molar-refractivity contribution is 5.41. The minimum absolute atomic E-state index is 0.0437. The molecule has 1 N–H and O–H groups in total. The van der Waals surface area contributed by atoms with Crippen LogP contribution in [0.25, 0.3) is 0 Å². The van der Waals surface area contributed by atoms with Gasteiger partial charge in [0.2, 0.25) is 0 Å². The van der Waals surface area contributed by atoms with Crippen molar-refractivity contribution >= 4 is 0 Å². The molecule has 0 amide bonds. The maximum atomic E-state index is 6.40. The Balaban J connectivity index is 2.21. The van der Waals surface area contributed by atoms with Gasteiger partial charge in [-0.1, -0.05) is 38.5 Å². The minimum atomic E-state index is -0.0437. The van der Waals surface area contributed by atoms with Gasteiger partial charge < -0.3 is 10.1 Å². The molecule has 1 aromatic rings. The second kappa shape index (κ2) is 6.83. The van der Waals surface area contributed by atoms with Crippen LogP contribution >= 0.6 is 0 Å². The molecule has 0 aromatic heterocycles. The number of aryl methyl sites for hydroxylation is 1. The summed E-state index contributed by atoms with van der Waals surface area (Å²) < 4.78 is 6.40. The molecule has 21 heavy (non-hydrogen) atoms. The van der Waals surface area contributed by atoms with Gasteiger partial charge in [-0.05, 0) is 51.6 Å². The highest BCUT2D eigenvalue weighted by Crippen LogP contribution is 2.42. The lowest BCUT2D eigenvalue weighted by Crippen LogP contribution is -2.42. The van der Waals surface area contributed by atoms with E-state index >= 15 is 0 Å². The van der Waals surface area contributed by atoms with Crippen LogP contribution in [0.4, 0.5) is 0 Å². The molecule has 2 nitrogen and oxygen atoms in total. The van der Waals surface area contributed by atoms with E-state index < -0.39 is 0 Å². The summed E-state index contributed by atoms with van der Waals surface area (Å²) in [6.07, 6.45) is 4.58. The zero-order valence-corrected chi connectivity index (χ0v) is 14.3. The van der Waals surface area contributed by atoms with Gasteiger partial charge in [-0.2, -0.15) is 0 Å². The molecule has 0 saturated heterocycles. The molecule has 118 valence electrons. The molecule has 1 aromatic carbocycles. The third kappa shape index (κ3) is 4.23. The van der Waals surface area contributed by atoms with Crippen molar-refractivity contribution in [2.24, 2.45) is 5.92 Å². The van der Waals surface area contributed by atoms with E-state index in [9.17, 15) is 0 Å². The molecule has 0 bridgehead atoms. The fraction of sp³-hybridized carbons (Fsp3) is 0.684. The topological polar surface area (TPSA) is 21.3 Å². The average Bonchev–Trinajstić information content (AvgIpc) is 2.43. The third-order valence-electron chi connectivity index (χ3n) is 4.42. The molecule has 1 aliphatic rings. The summed E-state index contributed by atoms with van der Waals surface area (Å²) in [4.78, 5) is 0. The summed E-state index contributed by atoms with van der Waals surface area (Å²) in [6.45, 7) is 12.3. The Kier molecular flexibility index (Phi) is 5.32. The Bertz CT molecular complexity index is 469. The van der Waals surface area contributed by atoms with Gasteiger partial charge in [0.15, 0.2) is 0 Å². The van der Waals surface area contributed by atoms with Gasteiger partial charge in [0.25, 0.3) is 0 Å². The van der Waals surface area contributed by atoms with Crippen molar-refractivity contribution in [3.8, 4) is 5.75 Å². The maximum absolute atomic E-state index is 6.40. The van der Waals surface area contributed by atoms with Gasteiger partial charge in [0, 0.05) is 18.0 Å². The van der Waals surface area contributed by atoms with Crippen molar-refractivity contribution in [1.29, 1.82) is 0 Å². The van der Waals surface area contributed by atoms with Crippen LogP contribution in [-0.2, 0) is 0 Å². The lowest BCUT2D eigenvalue weighted by atomic mass is 9.83. The summed E-state index contributed by atoms with van der Waals surface area (Å²) in [7, 11) is 0. The lowest BCUT2D eigenvalue weighted by molar-refractivity contribution is 0.0348. The predicted molar refractivity (Wildman–Crippen MR) is 89.9 cm³/mol. The first kappa shape index (κ1) is 16.4. The first-order chi connectivity index (χ1) is 9.93. The van der Waals surface area contributed by atoms with Crippen LogP contribution in [0.2, 0.25) is 0 Å². The Hall–Kier alpha value is -1.02. The number of nitrogens with one attached hydrogen (secondary N) is 1. The zero-order valence-electron chi connectivity index (χ0n) is 14.3. The quantitative estimate of drug-likeness (QED) is 0.794. The van der Waals surface area contributed by atoms with Crippen LogP contribution in [0, 0.1) is 12.8 Å². The molecule has 2 unspecified atom stereocenters. The minimum Gasteiger partial charge on any atom is -0.487 e. The third-order valence-corrected chi connectivity index (χ3v) is 4.42. The van der Waals surface area contributed by atoms with Crippen LogP contribution in [0.3, 0.4) is 0 Å². The van der Waals surface area contributed by atoms with Gasteiger partial charge in [-0.3, -0.25) is 0 Å². The number of hydrogen-bond acceptors (Lipinski definition) is 2. The van der Waals surface area contributed by atoms with E-state index in [2.05, 4.69) is 58.1 Å². The van der Waals surface area contributed by atoms with Crippen molar-refractivity contribution in [3.63, 3.8) is 0 Å². The molecule has 1 heterocycles. The molecule has 0 radical (unpaired) electrons. The number of rotatable bonds is 6. The number of benzene rings is 1.